The first-order valence-electron chi connectivity index (χ1n) is 5.95. The van der Waals surface area contributed by atoms with E-state index in [1.165, 1.54) is 0 Å². The smallest absolute Gasteiger partial charge is 0.178 e. The zero-order valence-electron chi connectivity index (χ0n) is 10.00. The molecule has 3 rings (SSSR count). The first-order chi connectivity index (χ1) is 9.08. The van der Waals surface area contributed by atoms with E-state index in [9.17, 15) is 20.1 Å². The van der Waals surface area contributed by atoms with E-state index < -0.39 is 11.5 Å². The summed E-state index contributed by atoms with van der Waals surface area (Å²) in [7, 11) is 0. The van der Waals surface area contributed by atoms with Crippen molar-refractivity contribution in [3.8, 4) is 17.2 Å². The van der Waals surface area contributed by atoms with Crippen LogP contribution in [0.1, 0.15) is 27.4 Å². The number of hydrogen-bond acceptors (Lipinski definition) is 4. The molecule has 3 N–H and O–H groups in total. The Morgan fingerprint density at radius 1 is 1.05 bits per heavy atom. The van der Waals surface area contributed by atoms with Crippen LogP contribution in [0.4, 0.5) is 0 Å². The van der Waals surface area contributed by atoms with Crippen LogP contribution in [-0.4, -0.2) is 21.1 Å². The van der Waals surface area contributed by atoms with Gasteiger partial charge < -0.3 is 15.3 Å². The molecule has 1 aliphatic carbocycles. The second kappa shape index (κ2) is 4.02. The highest BCUT2D eigenvalue weighted by molar-refractivity contribution is 6.06. The minimum absolute atomic E-state index is 0.127. The first-order valence-corrected chi connectivity index (χ1v) is 5.95. The van der Waals surface area contributed by atoms with Gasteiger partial charge in [0.2, 0.25) is 0 Å². The van der Waals surface area contributed by atoms with Crippen LogP contribution in [-0.2, 0) is 6.42 Å². The van der Waals surface area contributed by atoms with Gasteiger partial charge in [-0.1, -0.05) is 24.3 Å². The molecule has 4 heteroatoms. The van der Waals surface area contributed by atoms with E-state index in [-0.39, 0.29) is 23.0 Å². The largest absolute Gasteiger partial charge is 0.508 e. The van der Waals surface area contributed by atoms with Crippen LogP contribution in [0.5, 0.6) is 17.2 Å². The summed E-state index contributed by atoms with van der Waals surface area (Å²) in [6, 6.07) is 9.70. The molecule has 0 radical (unpaired) electrons. The van der Waals surface area contributed by atoms with Crippen molar-refractivity contribution in [1.29, 1.82) is 0 Å². The fraction of sp³-hybridized carbons (Fsp3) is 0.133. The Bertz CT molecular complexity index is 653. The maximum atomic E-state index is 12.3. The lowest BCUT2D eigenvalue weighted by Crippen LogP contribution is -2.25. The number of aromatic hydroxyl groups is 3. The average molecular weight is 256 g/mol. The predicted octanol–water partition coefficient (Wildman–Crippen LogP) is 2.33. The minimum Gasteiger partial charge on any atom is -0.508 e. The molecule has 1 aliphatic rings. The van der Waals surface area contributed by atoms with Crippen LogP contribution in [0.15, 0.2) is 36.4 Å². The van der Waals surface area contributed by atoms with Gasteiger partial charge in [0.15, 0.2) is 5.78 Å². The fourth-order valence-electron chi connectivity index (χ4n) is 2.52. The molecule has 2 aromatic rings. The van der Waals surface area contributed by atoms with Gasteiger partial charge in [0, 0.05) is 12.1 Å². The number of carbonyl (C=O) groups excluding carboxylic acids is 1. The van der Waals surface area contributed by atoms with Gasteiger partial charge in [-0.2, -0.15) is 0 Å². The number of fused-ring (bicyclic) bond motifs is 1. The van der Waals surface area contributed by atoms with E-state index in [1.54, 1.807) is 0 Å². The molecule has 0 fully saturated rings. The molecule has 0 spiro atoms. The highest BCUT2D eigenvalue weighted by Gasteiger charge is 2.34. The normalized spacial score (nSPS) is 16.5. The third-order valence-corrected chi connectivity index (χ3v) is 3.50. The zero-order valence-corrected chi connectivity index (χ0v) is 10.00. The van der Waals surface area contributed by atoms with Crippen molar-refractivity contribution in [1.82, 2.24) is 0 Å². The average Bonchev–Trinajstić information content (AvgIpc) is 2.29. The van der Waals surface area contributed by atoms with E-state index in [4.69, 9.17) is 0 Å². The lowest BCUT2D eigenvalue weighted by atomic mass is 9.73. The highest BCUT2D eigenvalue weighted by Crippen LogP contribution is 2.41. The highest BCUT2D eigenvalue weighted by atomic mass is 16.3. The predicted molar refractivity (Wildman–Crippen MR) is 68.7 cm³/mol. The lowest BCUT2D eigenvalue weighted by molar-refractivity contribution is 0.0943. The summed E-state index contributed by atoms with van der Waals surface area (Å²) in [5.74, 6) is -1.73. The Morgan fingerprint density at radius 2 is 1.68 bits per heavy atom. The lowest BCUT2D eigenvalue weighted by Gasteiger charge is -2.29. The van der Waals surface area contributed by atoms with E-state index in [0.29, 0.717) is 6.42 Å². The van der Waals surface area contributed by atoms with E-state index >= 15 is 0 Å². The molecular weight excluding hydrogens is 244 g/mol. The second-order valence-corrected chi connectivity index (χ2v) is 4.68. The number of Topliss-reactive ketones (excluding diaryl/α,β-unsaturated/α-hetero) is 1. The van der Waals surface area contributed by atoms with Crippen molar-refractivity contribution in [2.24, 2.45) is 0 Å². The topological polar surface area (TPSA) is 77.8 Å². The molecule has 0 saturated carbocycles. The molecule has 0 aromatic heterocycles. The van der Waals surface area contributed by atoms with Crippen molar-refractivity contribution < 1.29 is 20.1 Å². The Hall–Kier alpha value is -2.49. The van der Waals surface area contributed by atoms with Gasteiger partial charge in [-0.05, 0) is 17.5 Å². The van der Waals surface area contributed by atoms with Gasteiger partial charge in [-0.15, -0.1) is 0 Å². The number of rotatable bonds is 2. The molecule has 96 valence electrons. The molecule has 19 heavy (non-hydrogen) atoms. The van der Waals surface area contributed by atoms with E-state index in [2.05, 4.69) is 0 Å². The minimum atomic E-state index is -0.396. The maximum absolute atomic E-state index is 12.3. The van der Waals surface area contributed by atoms with Crippen molar-refractivity contribution in [2.75, 3.05) is 0 Å². The summed E-state index contributed by atoms with van der Waals surface area (Å²) in [6.07, 6.45) is 0.606. The second-order valence-electron chi connectivity index (χ2n) is 4.68. The first kappa shape index (κ1) is 11.6. The standard InChI is InChI=1S/C15H12O4/c16-9-6-12(17)14(13(18)7-9)15(19)11-5-8-3-1-2-4-10(8)11/h1-4,6-7,11,16-18H,5H2/t11-/m1/s1. The van der Waals surface area contributed by atoms with Gasteiger partial charge >= 0.3 is 0 Å². The third kappa shape index (κ3) is 1.73. The maximum Gasteiger partial charge on any atom is 0.178 e. The summed E-state index contributed by atoms with van der Waals surface area (Å²) in [5, 5.41) is 28.7. The monoisotopic (exact) mass is 256 g/mol. The molecule has 0 unspecified atom stereocenters. The van der Waals surface area contributed by atoms with Crippen LogP contribution >= 0.6 is 0 Å². The van der Waals surface area contributed by atoms with E-state index in [0.717, 1.165) is 23.3 Å². The van der Waals surface area contributed by atoms with Crippen molar-refractivity contribution in [3.05, 3.63) is 53.1 Å². The van der Waals surface area contributed by atoms with Crippen LogP contribution in [0.25, 0.3) is 0 Å². The summed E-state index contributed by atoms with van der Waals surface area (Å²) in [4.78, 5) is 12.3. The van der Waals surface area contributed by atoms with Crippen LogP contribution < -0.4 is 0 Å². The molecule has 4 nitrogen and oxygen atoms in total. The number of carbonyl (C=O) groups is 1. The van der Waals surface area contributed by atoms with Gasteiger partial charge in [0.25, 0.3) is 0 Å². The summed E-state index contributed by atoms with van der Waals surface area (Å²) >= 11 is 0. The number of benzene rings is 2. The van der Waals surface area contributed by atoms with Gasteiger partial charge in [0.05, 0.1) is 5.92 Å². The summed E-state index contributed by atoms with van der Waals surface area (Å²) in [5.41, 5.74) is 1.91. The van der Waals surface area contributed by atoms with E-state index in [1.807, 2.05) is 24.3 Å². The van der Waals surface area contributed by atoms with Gasteiger partial charge in [-0.3, -0.25) is 4.79 Å². The Labute approximate surface area is 109 Å². The third-order valence-electron chi connectivity index (χ3n) is 3.50. The number of hydrogen-bond donors (Lipinski definition) is 3. The molecule has 0 bridgehead atoms. The number of phenolic OH excluding ortho intramolecular Hbond substituents is 3. The Kier molecular flexibility index (Phi) is 2.45. The molecule has 1 atom stereocenters. The van der Waals surface area contributed by atoms with Gasteiger partial charge in [-0.25, -0.2) is 0 Å². The molecule has 0 heterocycles. The molecule has 0 aliphatic heterocycles. The molecule has 2 aromatic carbocycles. The SMILES string of the molecule is O=C(c1c(O)cc(O)cc1O)[C@@H]1Cc2ccccc21. The van der Waals surface area contributed by atoms with Crippen molar-refractivity contribution in [3.63, 3.8) is 0 Å². The Balaban J connectivity index is 2.00. The molecule has 0 saturated heterocycles. The Morgan fingerprint density at radius 3 is 2.32 bits per heavy atom. The van der Waals surface area contributed by atoms with Gasteiger partial charge in [0.1, 0.15) is 22.8 Å². The van der Waals surface area contributed by atoms with Crippen LogP contribution in [0.3, 0.4) is 0 Å². The molecular formula is C15H12O4. The molecule has 0 amide bonds. The quantitative estimate of drug-likeness (QED) is 0.720. The zero-order chi connectivity index (χ0) is 13.6. The number of phenols is 3. The fourth-order valence-corrected chi connectivity index (χ4v) is 2.52. The number of ketones is 1. The summed E-state index contributed by atoms with van der Waals surface area (Å²) < 4.78 is 0. The van der Waals surface area contributed by atoms with Crippen molar-refractivity contribution >= 4 is 5.78 Å². The van der Waals surface area contributed by atoms with Crippen molar-refractivity contribution in [2.45, 2.75) is 12.3 Å². The van der Waals surface area contributed by atoms with Crippen LogP contribution in [0.2, 0.25) is 0 Å². The van der Waals surface area contributed by atoms with Crippen LogP contribution in [0, 0.1) is 0 Å². The summed E-state index contributed by atoms with van der Waals surface area (Å²) in [6.45, 7) is 0.